The highest BCUT2D eigenvalue weighted by Gasteiger charge is 2.30. The average molecular weight is 354 g/mol. The molecule has 0 bridgehead atoms. The van der Waals surface area contributed by atoms with E-state index in [1.807, 2.05) is 43.4 Å². The number of rotatable bonds is 5. The summed E-state index contributed by atoms with van der Waals surface area (Å²) in [5, 5.41) is 0. The quantitative estimate of drug-likeness (QED) is 0.813. The molecule has 0 aromatic carbocycles. The van der Waals surface area contributed by atoms with Crippen molar-refractivity contribution in [2.24, 2.45) is 0 Å². The maximum Gasteiger partial charge on any atom is 0.256 e. The van der Waals surface area contributed by atoms with Crippen LogP contribution >= 0.6 is 0 Å². The molecule has 7 heteroatoms. The molecule has 2 aromatic heterocycles. The van der Waals surface area contributed by atoms with E-state index in [1.54, 1.807) is 25.2 Å². The van der Waals surface area contributed by atoms with Crippen LogP contribution in [0, 0.1) is 0 Å². The van der Waals surface area contributed by atoms with Gasteiger partial charge in [0, 0.05) is 59.6 Å². The smallest absolute Gasteiger partial charge is 0.256 e. The fraction of sp³-hybridized carbons (Fsp3) is 0.474. The summed E-state index contributed by atoms with van der Waals surface area (Å²) in [6.45, 7) is 2.66. The fourth-order valence-corrected chi connectivity index (χ4v) is 3.24. The Balaban J connectivity index is 1.83. The van der Waals surface area contributed by atoms with Crippen LogP contribution in [0.25, 0.3) is 0 Å². The van der Waals surface area contributed by atoms with Crippen LogP contribution in [-0.4, -0.2) is 71.9 Å². The number of hydrogen-bond donors (Lipinski definition) is 0. The standard InChI is InChI=1S/C19H26N6O/c1-23(2)18(26)16-11-21-19(24(3)4)22-17(16)14-8-10-25(12-14)13-15-7-5-6-9-20-15/h5-7,9,11,14H,8,10,12-13H2,1-4H3. The molecule has 1 unspecified atom stereocenters. The van der Waals surface area contributed by atoms with Crippen molar-refractivity contribution in [1.82, 2.24) is 24.8 Å². The Labute approximate surface area is 154 Å². The van der Waals surface area contributed by atoms with Gasteiger partial charge in [-0.25, -0.2) is 9.97 Å². The summed E-state index contributed by atoms with van der Waals surface area (Å²) < 4.78 is 0. The molecule has 1 atom stereocenters. The normalized spacial score (nSPS) is 17.3. The zero-order chi connectivity index (χ0) is 18.7. The monoisotopic (exact) mass is 354 g/mol. The van der Waals surface area contributed by atoms with Gasteiger partial charge in [0.1, 0.15) is 0 Å². The number of hydrogen-bond acceptors (Lipinski definition) is 6. The molecule has 7 nitrogen and oxygen atoms in total. The van der Waals surface area contributed by atoms with Gasteiger partial charge in [0.25, 0.3) is 5.91 Å². The predicted molar refractivity (Wildman–Crippen MR) is 101 cm³/mol. The van der Waals surface area contributed by atoms with Crippen molar-refractivity contribution in [2.45, 2.75) is 18.9 Å². The van der Waals surface area contributed by atoms with E-state index in [0.717, 1.165) is 37.4 Å². The van der Waals surface area contributed by atoms with E-state index in [1.165, 1.54) is 0 Å². The van der Waals surface area contributed by atoms with Crippen molar-refractivity contribution >= 4 is 11.9 Å². The largest absolute Gasteiger partial charge is 0.347 e. The number of amides is 1. The summed E-state index contributed by atoms with van der Waals surface area (Å²) in [7, 11) is 7.34. The van der Waals surface area contributed by atoms with E-state index in [-0.39, 0.29) is 11.8 Å². The molecule has 0 aliphatic carbocycles. The fourth-order valence-electron chi connectivity index (χ4n) is 3.24. The first kappa shape index (κ1) is 18.3. The molecule has 26 heavy (non-hydrogen) atoms. The Bertz CT molecular complexity index is 762. The number of carbonyl (C=O) groups is 1. The van der Waals surface area contributed by atoms with Crippen LogP contribution in [0.3, 0.4) is 0 Å². The van der Waals surface area contributed by atoms with Crippen LogP contribution in [-0.2, 0) is 6.54 Å². The van der Waals surface area contributed by atoms with Gasteiger partial charge in [0.2, 0.25) is 5.95 Å². The maximum atomic E-state index is 12.6. The number of likely N-dealkylation sites (tertiary alicyclic amines) is 1. The minimum absolute atomic E-state index is 0.0477. The third kappa shape index (κ3) is 3.99. The first-order chi connectivity index (χ1) is 12.5. The lowest BCUT2D eigenvalue weighted by molar-refractivity contribution is 0.0825. The molecule has 1 aliphatic rings. The van der Waals surface area contributed by atoms with Gasteiger partial charge in [0.15, 0.2) is 0 Å². The zero-order valence-corrected chi connectivity index (χ0v) is 15.9. The Morgan fingerprint density at radius 2 is 2.04 bits per heavy atom. The molecule has 138 valence electrons. The molecule has 3 heterocycles. The van der Waals surface area contributed by atoms with Crippen LogP contribution in [0.2, 0.25) is 0 Å². The molecule has 1 fully saturated rings. The van der Waals surface area contributed by atoms with Gasteiger partial charge in [-0.15, -0.1) is 0 Å². The molecule has 1 saturated heterocycles. The Hall–Kier alpha value is -2.54. The highest BCUT2D eigenvalue weighted by Crippen LogP contribution is 2.30. The van der Waals surface area contributed by atoms with E-state index >= 15 is 0 Å². The zero-order valence-electron chi connectivity index (χ0n) is 15.9. The lowest BCUT2D eigenvalue weighted by Gasteiger charge is -2.20. The third-order valence-corrected chi connectivity index (χ3v) is 4.61. The van der Waals surface area contributed by atoms with Crippen LogP contribution in [0.1, 0.15) is 34.1 Å². The Kier molecular flexibility index (Phi) is 5.46. The molecule has 3 rings (SSSR count). The number of anilines is 1. The van der Waals surface area contributed by atoms with Crippen molar-refractivity contribution in [2.75, 3.05) is 46.2 Å². The first-order valence-electron chi connectivity index (χ1n) is 8.84. The lowest BCUT2D eigenvalue weighted by Crippen LogP contribution is -2.26. The van der Waals surface area contributed by atoms with Crippen LogP contribution in [0.15, 0.2) is 30.6 Å². The molecule has 0 spiro atoms. The summed E-state index contributed by atoms with van der Waals surface area (Å²) in [6, 6.07) is 5.99. The second-order valence-electron chi connectivity index (χ2n) is 7.10. The SMILES string of the molecule is CN(C)C(=O)c1cnc(N(C)C)nc1C1CCN(Cc2ccccn2)C1. The first-order valence-corrected chi connectivity index (χ1v) is 8.84. The Morgan fingerprint density at radius 1 is 1.23 bits per heavy atom. The van der Waals surface area contributed by atoms with Gasteiger partial charge in [-0.05, 0) is 25.1 Å². The second kappa shape index (κ2) is 7.78. The van der Waals surface area contributed by atoms with E-state index in [9.17, 15) is 4.79 Å². The second-order valence-corrected chi connectivity index (χ2v) is 7.10. The number of pyridine rings is 1. The van der Waals surface area contributed by atoms with Crippen molar-refractivity contribution in [3.05, 3.63) is 47.5 Å². The van der Waals surface area contributed by atoms with Crippen molar-refractivity contribution in [3.63, 3.8) is 0 Å². The van der Waals surface area contributed by atoms with Crippen molar-refractivity contribution in [3.8, 4) is 0 Å². The molecular weight excluding hydrogens is 328 g/mol. The van der Waals surface area contributed by atoms with E-state index in [0.29, 0.717) is 11.5 Å². The number of aromatic nitrogens is 3. The highest BCUT2D eigenvalue weighted by molar-refractivity contribution is 5.95. The molecule has 0 radical (unpaired) electrons. The van der Waals surface area contributed by atoms with E-state index in [2.05, 4.69) is 14.9 Å². The number of carbonyl (C=O) groups excluding carboxylic acids is 1. The van der Waals surface area contributed by atoms with Gasteiger partial charge < -0.3 is 9.80 Å². The summed E-state index contributed by atoms with van der Waals surface area (Å²) >= 11 is 0. The Morgan fingerprint density at radius 3 is 2.69 bits per heavy atom. The minimum Gasteiger partial charge on any atom is -0.347 e. The number of nitrogens with zero attached hydrogens (tertiary/aromatic N) is 6. The third-order valence-electron chi connectivity index (χ3n) is 4.61. The molecule has 0 N–H and O–H groups in total. The molecule has 0 saturated carbocycles. The van der Waals surface area contributed by atoms with Gasteiger partial charge in [-0.2, -0.15) is 0 Å². The molecule has 1 aliphatic heterocycles. The van der Waals surface area contributed by atoms with Crippen LogP contribution < -0.4 is 4.90 Å². The van der Waals surface area contributed by atoms with Gasteiger partial charge in [0.05, 0.1) is 17.0 Å². The highest BCUT2D eigenvalue weighted by atomic mass is 16.2. The van der Waals surface area contributed by atoms with Crippen LogP contribution in [0.4, 0.5) is 5.95 Å². The predicted octanol–water partition coefficient (Wildman–Crippen LogP) is 1.63. The van der Waals surface area contributed by atoms with Gasteiger partial charge in [-0.3, -0.25) is 14.7 Å². The summed E-state index contributed by atoms with van der Waals surface area (Å²) in [5.74, 6) is 0.811. The topological polar surface area (TPSA) is 65.5 Å². The molecule has 2 aromatic rings. The van der Waals surface area contributed by atoms with Crippen molar-refractivity contribution in [1.29, 1.82) is 0 Å². The van der Waals surface area contributed by atoms with E-state index in [4.69, 9.17) is 4.98 Å². The average Bonchev–Trinajstić information content (AvgIpc) is 3.09. The summed E-state index contributed by atoms with van der Waals surface area (Å²) in [5.41, 5.74) is 2.52. The maximum absolute atomic E-state index is 12.6. The minimum atomic E-state index is -0.0477. The molecular formula is C19H26N6O. The van der Waals surface area contributed by atoms with Gasteiger partial charge >= 0.3 is 0 Å². The van der Waals surface area contributed by atoms with Crippen LogP contribution in [0.5, 0.6) is 0 Å². The van der Waals surface area contributed by atoms with Gasteiger partial charge in [-0.1, -0.05) is 6.07 Å². The summed E-state index contributed by atoms with van der Waals surface area (Å²) in [6.07, 6.45) is 4.47. The van der Waals surface area contributed by atoms with E-state index < -0.39 is 0 Å². The lowest BCUT2D eigenvalue weighted by atomic mass is 9.99. The summed E-state index contributed by atoms with van der Waals surface area (Å²) in [4.78, 5) is 31.9. The molecule has 1 amide bonds. The van der Waals surface area contributed by atoms with Crippen molar-refractivity contribution < 1.29 is 4.79 Å².